The van der Waals surface area contributed by atoms with E-state index in [1.165, 1.54) is 12.1 Å². The number of carboxylic acids is 1. The Labute approximate surface area is 229 Å². The Hall–Kier alpha value is -3.87. The largest absolute Gasteiger partial charge is 0.477 e. The Morgan fingerprint density at radius 2 is 1.87 bits per heavy atom. The normalized spacial score (nSPS) is 12.4. The fraction of sp³-hybridized carbons (Fsp3) is 0.259. The van der Waals surface area contributed by atoms with Crippen molar-refractivity contribution in [3.05, 3.63) is 75.9 Å². The summed E-state index contributed by atoms with van der Waals surface area (Å²) in [6.45, 7) is 2.28. The molecule has 0 aliphatic rings. The summed E-state index contributed by atoms with van der Waals surface area (Å²) in [6.07, 6.45) is 2.37. The lowest BCUT2D eigenvalue weighted by molar-refractivity contribution is 0.0689. The number of hydrogen-bond acceptors (Lipinski definition) is 8. The predicted molar refractivity (Wildman–Crippen MR) is 150 cm³/mol. The molecule has 2 heterocycles. The first-order valence-corrected chi connectivity index (χ1v) is 14.9. The van der Waals surface area contributed by atoms with Crippen LogP contribution in [-0.4, -0.2) is 54.0 Å². The third-order valence-electron chi connectivity index (χ3n) is 6.39. The Bertz CT molecular complexity index is 1660. The van der Waals surface area contributed by atoms with Crippen LogP contribution in [0, 0.1) is 0 Å². The number of Topliss-reactive ketones (excluding diaryl/α,β-unsaturated/α-hetero) is 1. The molecule has 2 aromatic heterocycles. The quantitative estimate of drug-likeness (QED) is 0.194. The highest BCUT2D eigenvalue weighted by Gasteiger charge is 2.20. The summed E-state index contributed by atoms with van der Waals surface area (Å²) < 4.78 is 23.3. The lowest BCUT2D eigenvalue weighted by atomic mass is 9.95. The van der Waals surface area contributed by atoms with Gasteiger partial charge in [0.15, 0.2) is 20.8 Å². The number of aromatic carboxylic acids is 1. The number of hydrogen-bond donors (Lipinski definition) is 4. The molecule has 0 saturated carbocycles. The lowest BCUT2D eigenvalue weighted by Gasteiger charge is -2.11. The minimum Gasteiger partial charge on any atom is -0.477 e. The summed E-state index contributed by atoms with van der Waals surface area (Å²) in [5.41, 5.74) is 8.28. The number of aromatic amines is 1. The molecule has 1 unspecified atom stereocenters. The average Bonchev–Trinajstić information content (AvgIpc) is 3.51. The van der Waals surface area contributed by atoms with Crippen LogP contribution in [0.15, 0.2) is 52.7 Å². The Balaban J connectivity index is 1.45. The molecule has 10 nitrogen and oxygen atoms in total. The number of nitrogens with one attached hydrogen (secondary N) is 2. The van der Waals surface area contributed by atoms with Crippen LogP contribution in [-0.2, 0) is 16.3 Å². The zero-order valence-electron chi connectivity index (χ0n) is 21.4. The zero-order valence-corrected chi connectivity index (χ0v) is 23.0. The molecule has 4 aromatic rings. The van der Waals surface area contributed by atoms with Gasteiger partial charge in [-0.3, -0.25) is 14.9 Å². The molecule has 12 heteroatoms. The van der Waals surface area contributed by atoms with Crippen molar-refractivity contribution in [3.8, 4) is 0 Å². The van der Waals surface area contributed by atoms with Crippen LogP contribution in [0.4, 0.5) is 5.13 Å². The molecule has 0 aliphatic heterocycles. The fourth-order valence-corrected chi connectivity index (χ4v) is 5.62. The smallest absolute Gasteiger partial charge is 0.352 e. The lowest BCUT2D eigenvalue weighted by Crippen LogP contribution is -2.12. The molecule has 5 N–H and O–H groups in total. The number of rotatable bonds is 11. The Morgan fingerprint density at radius 3 is 2.51 bits per heavy atom. The standard InChI is InChI=1S/C27H28N4O6S2/c1-15(16-5-8-18(9-6-16)39(2,36)37)12-23(32)22-14-38-27(30-22)31-25(33)17-7-10-21-20(13-17)19(4-3-11-28)24(29-21)26(34)35/h5-10,13-15,29H,3-4,11-12,28H2,1-2H3,(H,34,35)(H,30,31,33). The van der Waals surface area contributed by atoms with Crippen LogP contribution in [0.3, 0.4) is 0 Å². The maximum absolute atomic E-state index is 12.9. The molecule has 1 atom stereocenters. The van der Waals surface area contributed by atoms with Crippen molar-refractivity contribution in [2.75, 3.05) is 18.1 Å². The van der Waals surface area contributed by atoms with Gasteiger partial charge in [0.05, 0.1) is 4.90 Å². The van der Waals surface area contributed by atoms with Gasteiger partial charge < -0.3 is 15.8 Å². The van der Waals surface area contributed by atoms with E-state index in [-0.39, 0.29) is 39.5 Å². The van der Waals surface area contributed by atoms with Crippen LogP contribution in [0.1, 0.15) is 68.1 Å². The second kappa shape index (κ2) is 11.5. The molecule has 0 aliphatic carbocycles. The third kappa shape index (κ3) is 6.41. The number of aryl methyl sites for hydroxylation is 1. The molecule has 0 radical (unpaired) electrons. The monoisotopic (exact) mass is 568 g/mol. The zero-order chi connectivity index (χ0) is 28.3. The summed E-state index contributed by atoms with van der Waals surface area (Å²) in [4.78, 5) is 44.8. The fourth-order valence-electron chi connectivity index (χ4n) is 4.28. The number of sulfone groups is 1. The van der Waals surface area contributed by atoms with E-state index in [1.54, 1.807) is 35.7 Å². The number of fused-ring (bicyclic) bond motifs is 1. The van der Waals surface area contributed by atoms with E-state index in [2.05, 4.69) is 15.3 Å². The SMILES string of the molecule is CC(CC(=O)c1csc(NC(=O)c2ccc3[nH]c(C(=O)O)c(CCCN)c3c2)n1)c1ccc(S(C)(=O)=O)cc1. The topological polar surface area (TPSA) is 172 Å². The number of thiazole rings is 1. The van der Waals surface area contributed by atoms with E-state index in [9.17, 15) is 27.9 Å². The van der Waals surface area contributed by atoms with Gasteiger partial charge in [0.1, 0.15) is 11.4 Å². The maximum atomic E-state index is 12.9. The summed E-state index contributed by atoms with van der Waals surface area (Å²) in [5.74, 6) is -1.88. The van der Waals surface area contributed by atoms with Crippen molar-refractivity contribution >= 4 is 54.9 Å². The highest BCUT2D eigenvalue weighted by atomic mass is 32.2. The first-order valence-electron chi connectivity index (χ1n) is 12.2. The number of nitrogens with two attached hydrogens (primary N) is 1. The number of carboxylic acid groups (broad SMARTS) is 1. The van der Waals surface area contributed by atoms with Gasteiger partial charge in [0.25, 0.3) is 5.91 Å². The van der Waals surface area contributed by atoms with E-state index in [0.29, 0.717) is 41.4 Å². The first kappa shape index (κ1) is 28.1. The molecule has 204 valence electrons. The second-order valence-electron chi connectivity index (χ2n) is 9.30. The molecular formula is C27H28N4O6S2. The van der Waals surface area contributed by atoms with E-state index in [1.807, 2.05) is 6.92 Å². The molecule has 4 rings (SSSR count). The van der Waals surface area contributed by atoms with Gasteiger partial charge in [-0.15, -0.1) is 11.3 Å². The highest BCUT2D eigenvalue weighted by molar-refractivity contribution is 7.90. The number of benzene rings is 2. The molecular weight excluding hydrogens is 540 g/mol. The Kier molecular flexibility index (Phi) is 8.28. The number of nitrogens with zero attached hydrogens (tertiary/aromatic N) is 1. The maximum Gasteiger partial charge on any atom is 0.352 e. The number of anilines is 1. The molecule has 1 amide bonds. The number of carbonyl (C=O) groups is 3. The average molecular weight is 569 g/mol. The van der Waals surface area contributed by atoms with Crippen LogP contribution >= 0.6 is 11.3 Å². The van der Waals surface area contributed by atoms with E-state index < -0.39 is 21.7 Å². The summed E-state index contributed by atoms with van der Waals surface area (Å²) in [5, 5.41) is 14.7. The summed E-state index contributed by atoms with van der Waals surface area (Å²) in [6, 6.07) is 11.3. The van der Waals surface area contributed by atoms with E-state index >= 15 is 0 Å². The van der Waals surface area contributed by atoms with E-state index in [4.69, 9.17) is 5.73 Å². The predicted octanol–water partition coefficient (Wildman–Crippen LogP) is 4.25. The molecule has 39 heavy (non-hydrogen) atoms. The van der Waals surface area contributed by atoms with Gasteiger partial charge in [-0.25, -0.2) is 18.2 Å². The van der Waals surface area contributed by atoms with Gasteiger partial charge >= 0.3 is 5.97 Å². The van der Waals surface area contributed by atoms with Gasteiger partial charge in [-0.2, -0.15) is 0 Å². The summed E-state index contributed by atoms with van der Waals surface area (Å²) >= 11 is 1.13. The molecule has 0 fully saturated rings. The number of carbonyl (C=O) groups excluding carboxylic acids is 2. The molecule has 2 aromatic carbocycles. The van der Waals surface area contributed by atoms with Crippen LogP contribution in [0.2, 0.25) is 0 Å². The minimum absolute atomic E-state index is 0.0830. The first-order chi connectivity index (χ1) is 18.5. The minimum atomic E-state index is -3.30. The van der Waals surface area contributed by atoms with Gasteiger partial charge in [0.2, 0.25) is 0 Å². The van der Waals surface area contributed by atoms with Crippen LogP contribution in [0.25, 0.3) is 10.9 Å². The van der Waals surface area contributed by atoms with Crippen LogP contribution < -0.4 is 11.1 Å². The van der Waals surface area contributed by atoms with Gasteiger partial charge in [0, 0.05) is 34.5 Å². The van der Waals surface area contributed by atoms with Crippen molar-refractivity contribution in [2.45, 2.75) is 37.0 Å². The second-order valence-corrected chi connectivity index (χ2v) is 12.2. The number of H-pyrrole nitrogens is 1. The molecule has 0 saturated heterocycles. The third-order valence-corrected chi connectivity index (χ3v) is 8.28. The molecule has 0 spiro atoms. The van der Waals surface area contributed by atoms with Crippen molar-refractivity contribution in [1.82, 2.24) is 9.97 Å². The number of ketones is 1. The number of amides is 1. The van der Waals surface area contributed by atoms with Crippen molar-refractivity contribution in [3.63, 3.8) is 0 Å². The highest BCUT2D eigenvalue weighted by Crippen LogP contribution is 2.27. The van der Waals surface area contributed by atoms with Crippen molar-refractivity contribution in [2.24, 2.45) is 5.73 Å². The van der Waals surface area contributed by atoms with Crippen molar-refractivity contribution < 1.29 is 27.9 Å². The molecule has 0 bridgehead atoms. The van der Waals surface area contributed by atoms with Crippen molar-refractivity contribution in [1.29, 1.82) is 0 Å². The number of aromatic nitrogens is 2. The Morgan fingerprint density at radius 1 is 1.15 bits per heavy atom. The van der Waals surface area contributed by atoms with Crippen LogP contribution in [0.5, 0.6) is 0 Å². The van der Waals surface area contributed by atoms with E-state index in [0.717, 1.165) is 23.2 Å². The summed E-state index contributed by atoms with van der Waals surface area (Å²) in [7, 11) is -3.30. The van der Waals surface area contributed by atoms with Gasteiger partial charge in [-0.1, -0.05) is 19.1 Å². The van der Waals surface area contributed by atoms with Gasteiger partial charge in [-0.05, 0) is 66.8 Å².